The molecular weight excluding hydrogens is 805 g/mol. The highest BCUT2D eigenvalue weighted by Gasteiger charge is 2.33. The van der Waals surface area contributed by atoms with Gasteiger partial charge >= 0.3 is 11.9 Å². The number of aliphatic carboxylic acids is 1. The molecule has 0 aromatic carbocycles. The van der Waals surface area contributed by atoms with Crippen LogP contribution in [-0.2, 0) is 14.3 Å². The second-order valence-corrected chi connectivity index (χ2v) is 21.6. The van der Waals surface area contributed by atoms with Crippen LogP contribution >= 0.6 is 0 Å². The molecule has 7 unspecified atom stereocenters. The number of aliphatic hydroxyl groups is 8. The Morgan fingerprint density at radius 3 is 1.25 bits per heavy atom. The maximum absolute atomic E-state index is 12.0. The smallest absolute Gasteiger partial charge is 0.308 e. The summed E-state index contributed by atoms with van der Waals surface area (Å²) in [5, 5.41) is 94.8. The molecule has 12 heteroatoms. The summed E-state index contributed by atoms with van der Waals surface area (Å²) >= 11 is 0. The van der Waals surface area contributed by atoms with Crippen molar-refractivity contribution in [3.05, 3.63) is 34.9 Å². The van der Waals surface area contributed by atoms with Crippen molar-refractivity contribution in [2.45, 2.75) is 269 Å². The molecule has 370 valence electrons. The molecule has 0 saturated heterocycles. The third kappa shape index (κ3) is 33.0. The summed E-state index contributed by atoms with van der Waals surface area (Å²) in [5.41, 5.74) is -3.86. The van der Waals surface area contributed by atoms with Gasteiger partial charge in [0.2, 0.25) is 0 Å². The first-order valence-corrected chi connectivity index (χ1v) is 23.7. The summed E-state index contributed by atoms with van der Waals surface area (Å²) < 4.78 is 4.98. The van der Waals surface area contributed by atoms with E-state index in [9.17, 15) is 50.4 Å². The number of allylic oxidation sites excluding steroid dienone is 6. The first-order chi connectivity index (χ1) is 28.7. The third-order valence-corrected chi connectivity index (χ3v) is 12.6. The van der Waals surface area contributed by atoms with E-state index in [1.807, 2.05) is 47.6 Å². The lowest BCUT2D eigenvalue weighted by molar-refractivity contribution is -0.159. The number of hydrogen-bond acceptors (Lipinski definition) is 11. The number of aliphatic hydroxyl groups excluding tert-OH is 1. The zero-order valence-corrected chi connectivity index (χ0v) is 41.5. The van der Waals surface area contributed by atoms with Gasteiger partial charge in [-0.25, -0.2) is 0 Å². The molecule has 0 aromatic rings. The SMILES string of the molecule is CC(C)=CCCC(C)(O)CCCC(C)(O)CCCC(C)(O)CCCC(C)(O)CCCC(C)(O)CCC/C(C)=C/CC/C(C)=C/CCC(C)(O)[C@H](O)COC(=O)CC(C)(O)CC(=O)O. The Morgan fingerprint density at radius 1 is 0.476 bits per heavy atom. The minimum atomic E-state index is -1.78. The van der Waals surface area contributed by atoms with Crippen LogP contribution < -0.4 is 0 Å². The van der Waals surface area contributed by atoms with Gasteiger partial charge in [-0.2, -0.15) is 0 Å². The lowest BCUT2D eigenvalue weighted by atomic mass is 9.84. The maximum Gasteiger partial charge on any atom is 0.308 e. The topological polar surface area (TPSA) is 225 Å². The van der Waals surface area contributed by atoms with Crippen molar-refractivity contribution in [1.82, 2.24) is 0 Å². The molecule has 0 spiro atoms. The minimum Gasteiger partial charge on any atom is -0.481 e. The Labute approximate surface area is 382 Å². The highest BCUT2D eigenvalue weighted by molar-refractivity contribution is 5.73. The largest absolute Gasteiger partial charge is 0.481 e. The predicted molar refractivity (Wildman–Crippen MR) is 252 cm³/mol. The summed E-state index contributed by atoms with van der Waals surface area (Å²) in [6.45, 7) is 19.6. The van der Waals surface area contributed by atoms with Crippen LogP contribution in [-0.4, -0.2) is 110 Å². The average molecular weight is 899 g/mol. The number of carboxylic acids is 1. The van der Waals surface area contributed by atoms with E-state index in [0.717, 1.165) is 44.1 Å². The van der Waals surface area contributed by atoms with E-state index in [-0.39, 0.29) is 6.42 Å². The fourth-order valence-electron chi connectivity index (χ4n) is 8.07. The van der Waals surface area contributed by atoms with Gasteiger partial charge in [0.15, 0.2) is 0 Å². The molecule has 0 aliphatic rings. The summed E-state index contributed by atoms with van der Waals surface area (Å²) in [6.07, 6.45) is 17.6. The Kier molecular flexibility index (Phi) is 27.2. The van der Waals surface area contributed by atoms with Crippen LogP contribution in [0.3, 0.4) is 0 Å². The third-order valence-electron chi connectivity index (χ3n) is 12.6. The van der Waals surface area contributed by atoms with Crippen molar-refractivity contribution in [2.75, 3.05) is 6.61 Å². The molecule has 0 aliphatic carbocycles. The van der Waals surface area contributed by atoms with Crippen molar-refractivity contribution >= 4 is 11.9 Å². The maximum atomic E-state index is 12.0. The summed E-state index contributed by atoms with van der Waals surface area (Å²) in [6, 6.07) is 0. The van der Waals surface area contributed by atoms with Gasteiger partial charge in [-0.15, -0.1) is 0 Å². The van der Waals surface area contributed by atoms with Crippen LogP contribution in [0.5, 0.6) is 0 Å². The van der Waals surface area contributed by atoms with Crippen molar-refractivity contribution < 1.29 is 60.3 Å². The van der Waals surface area contributed by atoms with Crippen LogP contribution in [0.2, 0.25) is 0 Å². The van der Waals surface area contributed by atoms with E-state index in [0.29, 0.717) is 89.9 Å². The fourth-order valence-corrected chi connectivity index (χ4v) is 8.07. The Balaban J connectivity index is 4.46. The number of rotatable bonds is 36. The molecule has 0 aromatic heterocycles. The number of esters is 1. The molecule has 0 amide bonds. The van der Waals surface area contributed by atoms with E-state index < -0.39 is 76.7 Å². The quantitative estimate of drug-likeness (QED) is 0.0212. The Hall–Kier alpha value is -2.16. The molecule has 0 aliphatic heterocycles. The standard InChI is InChI=1S/C51H94O12/c1-39(2)20-13-25-45(5,56)27-16-29-47(7,58)31-18-33-49(9,60)34-19-32-48(8,59)30-17-28-46(6,57)26-14-23-40(3)21-12-22-41(4)24-15-35-51(11,62)42(52)38-63-44(55)37-50(10,61)36-43(53)54/h20-21,24,42,52,56-62H,12-19,22-23,25-38H2,1-11H3,(H,53,54)/b40-21+,41-24+/t42-,45?,46?,47?,48?,49?,50?,51?/m1/s1. The van der Waals surface area contributed by atoms with E-state index in [1.165, 1.54) is 25.0 Å². The molecule has 0 saturated carbocycles. The van der Waals surface area contributed by atoms with Gasteiger partial charge in [0, 0.05) is 0 Å². The molecule has 12 nitrogen and oxygen atoms in total. The van der Waals surface area contributed by atoms with Crippen molar-refractivity contribution in [1.29, 1.82) is 0 Å². The number of carbonyl (C=O) groups excluding carboxylic acids is 1. The van der Waals surface area contributed by atoms with Crippen molar-refractivity contribution in [3.8, 4) is 0 Å². The van der Waals surface area contributed by atoms with Gasteiger partial charge in [-0.05, 0) is 211 Å². The normalized spacial score (nSPS) is 19.9. The Morgan fingerprint density at radius 2 is 0.841 bits per heavy atom. The van der Waals surface area contributed by atoms with Crippen molar-refractivity contribution in [3.63, 3.8) is 0 Å². The molecular formula is C51H94O12. The lowest BCUT2D eigenvalue weighted by Crippen LogP contribution is -2.43. The van der Waals surface area contributed by atoms with Crippen LogP contribution in [0.25, 0.3) is 0 Å². The Bertz CT molecular complexity index is 1410. The summed E-state index contributed by atoms with van der Waals surface area (Å²) in [7, 11) is 0. The fraction of sp³-hybridized carbons (Fsp3) is 0.843. The zero-order valence-electron chi connectivity index (χ0n) is 41.5. The van der Waals surface area contributed by atoms with E-state index in [4.69, 9.17) is 9.84 Å². The van der Waals surface area contributed by atoms with E-state index in [2.05, 4.69) is 32.9 Å². The molecule has 0 fully saturated rings. The molecule has 8 atom stereocenters. The van der Waals surface area contributed by atoms with Gasteiger partial charge in [-0.1, -0.05) is 34.9 Å². The monoisotopic (exact) mass is 899 g/mol. The predicted octanol–water partition coefficient (Wildman–Crippen LogP) is 9.06. The van der Waals surface area contributed by atoms with Crippen LogP contribution in [0.4, 0.5) is 0 Å². The number of carbonyl (C=O) groups is 2. The number of carboxylic acid groups (broad SMARTS) is 1. The number of hydrogen-bond donors (Lipinski definition) is 9. The lowest BCUT2D eigenvalue weighted by Gasteiger charge is -2.30. The first kappa shape index (κ1) is 60.8. The molecule has 0 rings (SSSR count). The van der Waals surface area contributed by atoms with Gasteiger partial charge in [0.25, 0.3) is 0 Å². The minimum absolute atomic E-state index is 0.231. The average Bonchev–Trinajstić information content (AvgIpc) is 3.08. The highest BCUT2D eigenvalue weighted by Crippen LogP contribution is 2.31. The second-order valence-electron chi connectivity index (χ2n) is 21.6. The van der Waals surface area contributed by atoms with E-state index >= 15 is 0 Å². The highest BCUT2D eigenvalue weighted by atomic mass is 16.5. The van der Waals surface area contributed by atoms with Gasteiger partial charge in [0.1, 0.15) is 12.7 Å². The summed E-state index contributed by atoms with van der Waals surface area (Å²) in [5.74, 6) is -2.12. The second kappa shape index (κ2) is 28.1. The molecule has 9 N–H and O–H groups in total. The molecule has 63 heavy (non-hydrogen) atoms. The molecule has 0 heterocycles. The van der Waals surface area contributed by atoms with Gasteiger partial charge < -0.3 is 50.7 Å². The van der Waals surface area contributed by atoms with Gasteiger partial charge in [-0.3, -0.25) is 9.59 Å². The van der Waals surface area contributed by atoms with Crippen LogP contribution in [0.15, 0.2) is 34.9 Å². The van der Waals surface area contributed by atoms with Crippen molar-refractivity contribution in [2.24, 2.45) is 0 Å². The summed E-state index contributed by atoms with van der Waals surface area (Å²) in [4.78, 5) is 22.8. The molecule has 0 bridgehead atoms. The van der Waals surface area contributed by atoms with E-state index in [1.54, 1.807) is 0 Å². The first-order valence-electron chi connectivity index (χ1n) is 23.7. The number of ether oxygens (including phenoxy) is 1. The van der Waals surface area contributed by atoms with Gasteiger partial charge in [0.05, 0.1) is 52.0 Å². The zero-order chi connectivity index (χ0) is 48.8. The molecule has 0 radical (unpaired) electrons. The van der Waals surface area contributed by atoms with Crippen LogP contribution in [0, 0.1) is 0 Å². The van der Waals surface area contributed by atoms with Crippen LogP contribution in [0.1, 0.15) is 224 Å².